The Balaban J connectivity index is 2.60. The van der Waals surface area contributed by atoms with Gasteiger partial charge in [0.25, 0.3) is 0 Å². The van der Waals surface area contributed by atoms with Gasteiger partial charge >= 0.3 is 0 Å². The van der Waals surface area contributed by atoms with Gasteiger partial charge in [-0.2, -0.15) is 0 Å². The van der Waals surface area contributed by atoms with Crippen LogP contribution in [0.3, 0.4) is 0 Å². The lowest BCUT2D eigenvalue weighted by molar-refractivity contribution is 0.968. The van der Waals surface area contributed by atoms with Crippen LogP contribution in [0.2, 0.25) is 5.15 Å². The maximum absolute atomic E-state index is 6.15. The number of nitrogens with zero attached hydrogens (tertiary/aromatic N) is 3. The van der Waals surface area contributed by atoms with Crippen molar-refractivity contribution in [3.05, 3.63) is 39.8 Å². The second kappa shape index (κ2) is 5.02. The van der Waals surface area contributed by atoms with Gasteiger partial charge in [0.2, 0.25) is 0 Å². The summed E-state index contributed by atoms with van der Waals surface area (Å²) in [6.45, 7) is 8.04. The topological polar surface area (TPSA) is 38.7 Å². The van der Waals surface area contributed by atoms with Gasteiger partial charge in [-0.05, 0) is 38.3 Å². The predicted octanol–water partition coefficient (Wildman–Crippen LogP) is 3.68. The van der Waals surface area contributed by atoms with Crippen molar-refractivity contribution in [2.24, 2.45) is 0 Å². The molecule has 0 amide bonds. The SMILES string of the molecule is CCc1nc(-c2ncc(C)cc2C)nc(Cl)c1C. The molecule has 0 aliphatic rings. The van der Waals surface area contributed by atoms with Gasteiger partial charge in [0.15, 0.2) is 5.82 Å². The van der Waals surface area contributed by atoms with Crippen molar-refractivity contribution in [3.63, 3.8) is 0 Å². The molecule has 3 nitrogen and oxygen atoms in total. The molecule has 0 bridgehead atoms. The minimum absolute atomic E-state index is 0.513. The zero-order valence-electron chi connectivity index (χ0n) is 11.1. The highest BCUT2D eigenvalue weighted by Crippen LogP contribution is 2.23. The van der Waals surface area contributed by atoms with Gasteiger partial charge in [-0.15, -0.1) is 0 Å². The lowest BCUT2D eigenvalue weighted by Crippen LogP contribution is -2.02. The second-order valence-corrected chi connectivity index (χ2v) is 4.80. The summed E-state index contributed by atoms with van der Waals surface area (Å²) in [7, 11) is 0. The van der Waals surface area contributed by atoms with Crippen LogP contribution in [-0.2, 0) is 6.42 Å². The maximum atomic E-state index is 6.15. The van der Waals surface area contributed by atoms with Gasteiger partial charge in [-0.1, -0.05) is 24.6 Å². The Morgan fingerprint density at radius 3 is 2.50 bits per heavy atom. The molecular formula is C14H16ClN3. The average molecular weight is 262 g/mol. The molecule has 0 aromatic carbocycles. The van der Waals surface area contributed by atoms with Crippen molar-refractivity contribution in [2.45, 2.75) is 34.1 Å². The summed E-state index contributed by atoms with van der Waals surface area (Å²) in [4.78, 5) is 13.3. The average Bonchev–Trinajstić information content (AvgIpc) is 2.32. The fourth-order valence-electron chi connectivity index (χ4n) is 1.93. The number of aromatic nitrogens is 3. The van der Waals surface area contributed by atoms with Gasteiger partial charge in [0.1, 0.15) is 10.8 Å². The fourth-order valence-corrected chi connectivity index (χ4v) is 2.12. The van der Waals surface area contributed by atoms with Crippen molar-refractivity contribution < 1.29 is 0 Å². The molecule has 0 radical (unpaired) electrons. The second-order valence-electron chi connectivity index (χ2n) is 4.44. The maximum Gasteiger partial charge on any atom is 0.180 e. The quantitative estimate of drug-likeness (QED) is 0.774. The summed E-state index contributed by atoms with van der Waals surface area (Å²) in [5.41, 5.74) is 4.93. The van der Waals surface area contributed by atoms with E-state index in [9.17, 15) is 0 Å². The summed E-state index contributed by atoms with van der Waals surface area (Å²) in [6, 6.07) is 2.07. The lowest BCUT2D eigenvalue weighted by atomic mass is 10.1. The first-order valence-corrected chi connectivity index (χ1v) is 6.37. The number of pyridine rings is 1. The number of hydrogen-bond donors (Lipinski definition) is 0. The molecule has 0 N–H and O–H groups in total. The van der Waals surface area contributed by atoms with E-state index in [1.54, 1.807) is 0 Å². The minimum atomic E-state index is 0.513. The molecule has 94 valence electrons. The van der Waals surface area contributed by atoms with E-state index in [0.29, 0.717) is 11.0 Å². The zero-order valence-corrected chi connectivity index (χ0v) is 11.8. The Morgan fingerprint density at radius 1 is 1.17 bits per heavy atom. The molecule has 0 unspecified atom stereocenters. The highest BCUT2D eigenvalue weighted by molar-refractivity contribution is 6.30. The monoisotopic (exact) mass is 261 g/mol. The summed E-state index contributed by atoms with van der Waals surface area (Å²) >= 11 is 6.15. The molecule has 0 saturated carbocycles. The Morgan fingerprint density at radius 2 is 1.89 bits per heavy atom. The molecule has 4 heteroatoms. The first kappa shape index (κ1) is 13.0. The van der Waals surface area contributed by atoms with E-state index in [1.807, 2.05) is 27.0 Å². The molecule has 2 rings (SSSR count). The summed E-state index contributed by atoms with van der Waals surface area (Å²) in [5.74, 6) is 0.611. The summed E-state index contributed by atoms with van der Waals surface area (Å²) in [6.07, 6.45) is 2.66. The van der Waals surface area contributed by atoms with E-state index in [1.165, 1.54) is 0 Å². The Kier molecular flexibility index (Phi) is 3.62. The van der Waals surface area contributed by atoms with Crippen molar-refractivity contribution in [1.29, 1.82) is 0 Å². The molecule has 0 aliphatic carbocycles. The third-order valence-electron chi connectivity index (χ3n) is 2.95. The van der Waals surface area contributed by atoms with Crippen molar-refractivity contribution >= 4 is 11.6 Å². The van der Waals surface area contributed by atoms with Gasteiger partial charge in [0, 0.05) is 17.5 Å². The van der Waals surface area contributed by atoms with Crippen LogP contribution >= 0.6 is 11.6 Å². The molecule has 0 atom stereocenters. The lowest BCUT2D eigenvalue weighted by Gasteiger charge is -2.09. The van der Waals surface area contributed by atoms with Gasteiger partial charge < -0.3 is 0 Å². The molecule has 2 heterocycles. The fraction of sp³-hybridized carbons (Fsp3) is 0.357. The van der Waals surface area contributed by atoms with Crippen LogP contribution in [-0.4, -0.2) is 15.0 Å². The van der Waals surface area contributed by atoms with E-state index in [0.717, 1.165) is 34.5 Å². The first-order valence-electron chi connectivity index (χ1n) is 5.99. The van der Waals surface area contributed by atoms with Crippen molar-refractivity contribution in [3.8, 4) is 11.5 Å². The smallest absolute Gasteiger partial charge is 0.180 e. The third-order valence-corrected chi connectivity index (χ3v) is 3.32. The van der Waals surface area contributed by atoms with Crippen molar-refractivity contribution in [2.75, 3.05) is 0 Å². The first-order chi connectivity index (χ1) is 8.52. The third kappa shape index (κ3) is 2.36. The largest absolute Gasteiger partial charge is 0.252 e. The number of hydrogen-bond acceptors (Lipinski definition) is 3. The Bertz CT molecular complexity index is 594. The molecule has 0 aliphatic heterocycles. The molecular weight excluding hydrogens is 246 g/mol. The van der Waals surface area contributed by atoms with Crippen LogP contribution in [0.15, 0.2) is 12.3 Å². The van der Waals surface area contributed by atoms with E-state index in [-0.39, 0.29) is 0 Å². The standard InChI is InChI=1S/C14H16ClN3/c1-5-11-10(4)13(15)18-14(17-11)12-9(3)6-8(2)7-16-12/h6-7H,5H2,1-4H3. The van der Waals surface area contributed by atoms with Crippen LogP contribution in [0.1, 0.15) is 29.3 Å². The van der Waals surface area contributed by atoms with Crippen LogP contribution in [0, 0.1) is 20.8 Å². The minimum Gasteiger partial charge on any atom is -0.252 e. The van der Waals surface area contributed by atoms with Crippen LogP contribution in [0.5, 0.6) is 0 Å². The molecule has 18 heavy (non-hydrogen) atoms. The normalized spacial score (nSPS) is 10.7. The highest BCUT2D eigenvalue weighted by Gasteiger charge is 2.12. The highest BCUT2D eigenvalue weighted by atomic mass is 35.5. The van der Waals surface area contributed by atoms with Gasteiger partial charge in [0.05, 0.1) is 0 Å². The molecule has 2 aromatic heterocycles. The summed E-state index contributed by atoms with van der Waals surface area (Å²) < 4.78 is 0. The molecule has 0 spiro atoms. The Hall–Kier alpha value is -1.48. The van der Waals surface area contributed by atoms with E-state index in [4.69, 9.17) is 11.6 Å². The Labute approximate surface area is 112 Å². The number of rotatable bonds is 2. The molecule has 0 fully saturated rings. The van der Waals surface area contributed by atoms with E-state index >= 15 is 0 Å². The van der Waals surface area contributed by atoms with Crippen LogP contribution in [0.25, 0.3) is 11.5 Å². The van der Waals surface area contributed by atoms with E-state index in [2.05, 4.69) is 27.9 Å². The summed E-state index contributed by atoms with van der Waals surface area (Å²) in [5, 5.41) is 0.513. The molecule has 0 saturated heterocycles. The number of aryl methyl sites for hydroxylation is 3. The van der Waals surface area contributed by atoms with Crippen LogP contribution < -0.4 is 0 Å². The number of halogens is 1. The van der Waals surface area contributed by atoms with Gasteiger partial charge in [-0.3, -0.25) is 4.98 Å². The predicted molar refractivity (Wildman–Crippen MR) is 73.9 cm³/mol. The zero-order chi connectivity index (χ0) is 13.3. The van der Waals surface area contributed by atoms with E-state index < -0.39 is 0 Å². The molecule has 2 aromatic rings. The van der Waals surface area contributed by atoms with Crippen LogP contribution in [0.4, 0.5) is 0 Å². The van der Waals surface area contributed by atoms with Gasteiger partial charge in [-0.25, -0.2) is 9.97 Å². The van der Waals surface area contributed by atoms with Crippen molar-refractivity contribution in [1.82, 2.24) is 15.0 Å².